The minimum Gasteiger partial charge on any atom is -0.426 e. The Kier molecular flexibility index (Phi) is 7.52. The molecule has 140 valence electrons. The van der Waals surface area contributed by atoms with Crippen LogP contribution >= 0.6 is 23.2 Å². The Morgan fingerprint density at radius 2 is 2.12 bits per heavy atom. The number of halogens is 2. The van der Waals surface area contributed by atoms with Crippen molar-refractivity contribution in [1.29, 1.82) is 0 Å². The van der Waals surface area contributed by atoms with E-state index in [0.717, 1.165) is 12.8 Å². The third-order valence-corrected chi connectivity index (χ3v) is 4.99. The number of amides is 2. The molecule has 2 atom stereocenters. The molecule has 1 aromatic rings. The smallest absolute Gasteiger partial charge is 0.426 e. The molecule has 26 heavy (non-hydrogen) atoms. The molecule has 1 aliphatic rings. The highest BCUT2D eigenvalue weighted by atomic mass is 35.5. The van der Waals surface area contributed by atoms with Gasteiger partial charge in [0.05, 0.1) is 5.94 Å². The van der Waals surface area contributed by atoms with Crippen molar-refractivity contribution in [3.63, 3.8) is 0 Å². The van der Waals surface area contributed by atoms with Gasteiger partial charge in [-0.2, -0.15) is 0 Å². The van der Waals surface area contributed by atoms with E-state index in [1.165, 1.54) is 11.0 Å². The van der Waals surface area contributed by atoms with Crippen LogP contribution in [-0.2, 0) is 16.0 Å². The van der Waals surface area contributed by atoms with Crippen molar-refractivity contribution < 1.29 is 19.6 Å². The van der Waals surface area contributed by atoms with Crippen molar-refractivity contribution in [3.8, 4) is 0 Å². The zero-order chi connectivity index (χ0) is 19.3. The lowest BCUT2D eigenvalue weighted by Gasteiger charge is -2.35. The number of carbonyl (C=O) groups is 2. The maximum atomic E-state index is 12.7. The number of likely N-dealkylation sites (tertiary alicyclic amines) is 1. The Balaban J connectivity index is 2.11. The summed E-state index contributed by atoms with van der Waals surface area (Å²) in [4.78, 5) is 26.1. The van der Waals surface area contributed by atoms with Gasteiger partial charge in [-0.1, -0.05) is 35.8 Å². The highest BCUT2D eigenvalue weighted by Crippen LogP contribution is 2.23. The van der Waals surface area contributed by atoms with Gasteiger partial charge in [0, 0.05) is 16.6 Å². The Hall–Kier alpha value is -1.54. The van der Waals surface area contributed by atoms with Gasteiger partial charge < -0.3 is 20.3 Å². The van der Waals surface area contributed by atoms with Crippen LogP contribution in [0.4, 0.5) is 0 Å². The highest BCUT2D eigenvalue weighted by molar-refractivity contribution is 6.44. The molecule has 6 nitrogen and oxygen atoms in total. The molecule has 3 N–H and O–H groups in total. The number of hydrogen-bond acceptors (Lipinski definition) is 4. The fourth-order valence-electron chi connectivity index (χ4n) is 3.02. The predicted octanol–water partition coefficient (Wildman–Crippen LogP) is 1.60. The summed E-state index contributed by atoms with van der Waals surface area (Å²) in [6.07, 6.45) is 3.44. The van der Waals surface area contributed by atoms with Gasteiger partial charge in [0.15, 0.2) is 0 Å². The number of hydrogen-bond donors (Lipinski definition) is 3. The standard InChI is InChI=1S/C17H21BCl2N2O4/c1-2-16(23)22-8-4-3-5-14(22)17(24)21-15(18(25)26)9-11-6-7-12(19)10-13(11)20/h2,6-7,10,14-15,25-26H,1,3-5,8-9H2,(H,21,24)/t14-,15+/m1/s1. The summed E-state index contributed by atoms with van der Waals surface area (Å²) in [5, 5.41) is 22.8. The minimum absolute atomic E-state index is 0.113. The summed E-state index contributed by atoms with van der Waals surface area (Å²) in [7, 11) is -1.78. The fourth-order valence-corrected chi connectivity index (χ4v) is 3.50. The Labute approximate surface area is 162 Å². The lowest BCUT2D eigenvalue weighted by atomic mass is 9.75. The Morgan fingerprint density at radius 1 is 1.38 bits per heavy atom. The van der Waals surface area contributed by atoms with Crippen LogP contribution in [0.3, 0.4) is 0 Å². The maximum absolute atomic E-state index is 12.7. The third-order valence-electron chi connectivity index (χ3n) is 4.41. The molecular weight excluding hydrogens is 378 g/mol. The molecule has 9 heteroatoms. The molecule has 0 unspecified atom stereocenters. The molecular formula is C17H21BCl2N2O4. The highest BCUT2D eigenvalue weighted by Gasteiger charge is 2.34. The number of carbonyl (C=O) groups excluding carboxylic acids is 2. The number of rotatable bonds is 6. The van der Waals surface area contributed by atoms with Crippen molar-refractivity contribution in [2.45, 2.75) is 37.7 Å². The van der Waals surface area contributed by atoms with Crippen molar-refractivity contribution in [2.75, 3.05) is 6.54 Å². The van der Waals surface area contributed by atoms with Crippen molar-refractivity contribution >= 4 is 42.1 Å². The summed E-state index contributed by atoms with van der Waals surface area (Å²) in [5.41, 5.74) is 0.622. The van der Waals surface area contributed by atoms with Crippen LogP contribution in [0.25, 0.3) is 0 Å². The topological polar surface area (TPSA) is 89.9 Å². The van der Waals surface area contributed by atoms with Crippen LogP contribution in [0.15, 0.2) is 30.9 Å². The molecule has 1 fully saturated rings. The molecule has 1 aliphatic heterocycles. The van der Waals surface area contributed by atoms with Crippen molar-refractivity contribution in [2.24, 2.45) is 0 Å². The molecule has 0 aromatic heterocycles. The molecule has 2 rings (SSSR count). The molecule has 0 spiro atoms. The van der Waals surface area contributed by atoms with Gasteiger partial charge in [-0.25, -0.2) is 0 Å². The second-order valence-electron chi connectivity index (χ2n) is 6.22. The average Bonchev–Trinajstić information content (AvgIpc) is 2.62. The molecule has 0 radical (unpaired) electrons. The van der Waals surface area contributed by atoms with Crippen LogP contribution in [0.2, 0.25) is 10.0 Å². The van der Waals surface area contributed by atoms with E-state index in [0.29, 0.717) is 28.6 Å². The van der Waals surface area contributed by atoms with E-state index < -0.39 is 25.0 Å². The van der Waals surface area contributed by atoms with Crippen molar-refractivity contribution in [1.82, 2.24) is 10.2 Å². The van der Waals surface area contributed by atoms with E-state index in [1.54, 1.807) is 18.2 Å². The monoisotopic (exact) mass is 398 g/mol. The first kappa shape index (κ1) is 20.8. The van der Waals surface area contributed by atoms with Crippen LogP contribution in [0, 0.1) is 0 Å². The minimum atomic E-state index is -1.78. The maximum Gasteiger partial charge on any atom is 0.475 e. The van der Waals surface area contributed by atoms with Gasteiger partial charge in [-0.05, 0) is 49.5 Å². The quantitative estimate of drug-likeness (QED) is 0.501. The zero-order valence-corrected chi connectivity index (χ0v) is 15.7. The van der Waals surface area contributed by atoms with E-state index in [9.17, 15) is 19.6 Å². The summed E-state index contributed by atoms with van der Waals surface area (Å²) in [6.45, 7) is 3.93. The van der Waals surface area contributed by atoms with E-state index in [4.69, 9.17) is 23.2 Å². The zero-order valence-electron chi connectivity index (χ0n) is 14.2. The van der Waals surface area contributed by atoms with Crippen LogP contribution in [-0.4, -0.2) is 52.4 Å². The number of piperidine rings is 1. The normalized spacial score (nSPS) is 18.2. The Bertz CT molecular complexity index is 687. The first-order valence-electron chi connectivity index (χ1n) is 8.37. The first-order valence-corrected chi connectivity index (χ1v) is 9.12. The third kappa shape index (κ3) is 5.24. The summed E-state index contributed by atoms with van der Waals surface area (Å²) < 4.78 is 0. The van der Waals surface area contributed by atoms with E-state index in [-0.39, 0.29) is 12.3 Å². The molecule has 1 aromatic carbocycles. The van der Waals surface area contributed by atoms with E-state index in [1.807, 2.05) is 0 Å². The second-order valence-corrected chi connectivity index (χ2v) is 7.06. The van der Waals surface area contributed by atoms with Gasteiger partial charge in [0.2, 0.25) is 11.8 Å². The van der Waals surface area contributed by atoms with Crippen LogP contribution < -0.4 is 5.32 Å². The molecule has 0 saturated carbocycles. The molecule has 0 bridgehead atoms. The summed E-state index contributed by atoms with van der Waals surface area (Å²) in [6, 6.07) is 4.19. The second kappa shape index (κ2) is 9.42. The van der Waals surface area contributed by atoms with Gasteiger partial charge in [0.25, 0.3) is 0 Å². The Morgan fingerprint density at radius 3 is 2.73 bits per heavy atom. The van der Waals surface area contributed by atoms with Gasteiger partial charge >= 0.3 is 7.12 Å². The first-order chi connectivity index (χ1) is 12.3. The van der Waals surface area contributed by atoms with Gasteiger partial charge in [0.1, 0.15) is 6.04 Å². The molecule has 0 aliphatic carbocycles. The van der Waals surface area contributed by atoms with Crippen LogP contribution in [0.1, 0.15) is 24.8 Å². The van der Waals surface area contributed by atoms with Gasteiger partial charge in [-0.15, -0.1) is 0 Å². The van der Waals surface area contributed by atoms with Crippen molar-refractivity contribution in [3.05, 3.63) is 46.5 Å². The fraction of sp³-hybridized carbons (Fsp3) is 0.412. The lowest BCUT2D eigenvalue weighted by Crippen LogP contribution is -2.56. The van der Waals surface area contributed by atoms with Gasteiger partial charge in [-0.3, -0.25) is 9.59 Å². The average molecular weight is 399 g/mol. The lowest BCUT2D eigenvalue weighted by molar-refractivity contribution is -0.139. The predicted molar refractivity (Wildman–Crippen MR) is 102 cm³/mol. The molecule has 1 saturated heterocycles. The van der Waals surface area contributed by atoms with E-state index >= 15 is 0 Å². The number of benzene rings is 1. The number of nitrogens with zero attached hydrogens (tertiary/aromatic N) is 1. The van der Waals surface area contributed by atoms with E-state index in [2.05, 4.69) is 11.9 Å². The molecule has 2 amide bonds. The van der Waals surface area contributed by atoms with Crippen LogP contribution in [0.5, 0.6) is 0 Å². The molecule has 1 heterocycles. The SMILES string of the molecule is C=CC(=O)N1CCCC[C@@H]1C(=O)N[C@@H](Cc1ccc(Cl)cc1Cl)B(O)O. The summed E-state index contributed by atoms with van der Waals surface area (Å²) in [5.74, 6) is -1.71. The largest absolute Gasteiger partial charge is 0.475 e. The number of nitrogens with one attached hydrogen (secondary N) is 1. The summed E-state index contributed by atoms with van der Waals surface area (Å²) >= 11 is 12.0.